The highest BCUT2D eigenvalue weighted by atomic mass is 16.5. The number of hydrogen-bond acceptors (Lipinski definition) is 3. The molecule has 2 rings (SSSR count). The summed E-state index contributed by atoms with van der Waals surface area (Å²) < 4.78 is 6.95. The Morgan fingerprint density at radius 3 is 2.61 bits per heavy atom. The minimum absolute atomic E-state index is 0.617. The van der Waals surface area contributed by atoms with Crippen molar-refractivity contribution in [3.8, 4) is 5.75 Å². The van der Waals surface area contributed by atoms with Crippen LogP contribution >= 0.6 is 0 Å². The smallest absolute Gasteiger partial charge is 0.191 e. The Morgan fingerprint density at radius 2 is 2.00 bits per heavy atom. The number of ether oxygens (including phenoxy) is 1. The van der Waals surface area contributed by atoms with Crippen molar-refractivity contribution in [2.24, 2.45) is 12.0 Å². The van der Waals surface area contributed by atoms with E-state index in [1.54, 1.807) is 11.8 Å². The van der Waals surface area contributed by atoms with Gasteiger partial charge >= 0.3 is 0 Å². The Hall–Kier alpha value is -2.50. The second kappa shape index (κ2) is 8.82. The zero-order valence-electron chi connectivity index (χ0n) is 14.0. The predicted molar refractivity (Wildman–Crippen MR) is 92.7 cm³/mol. The maximum atomic E-state index is 5.17. The molecule has 0 saturated carbocycles. The molecule has 0 radical (unpaired) electrons. The van der Waals surface area contributed by atoms with Crippen molar-refractivity contribution in [2.45, 2.75) is 19.9 Å². The van der Waals surface area contributed by atoms with Crippen LogP contribution in [0.5, 0.6) is 5.75 Å². The first-order valence-corrected chi connectivity index (χ1v) is 7.84. The third-order valence-electron chi connectivity index (χ3n) is 3.39. The summed E-state index contributed by atoms with van der Waals surface area (Å²) in [6.45, 7) is 4.34. The van der Waals surface area contributed by atoms with Crippen LogP contribution in [-0.4, -0.2) is 35.9 Å². The Kier molecular flexibility index (Phi) is 6.47. The number of guanidine groups is 1. The fraction of sp³-hybridized carbons (Fsp3) is 0.412. The van der Waals surface area contributed by atoms with Crippen LogP contribution in [0.2, 0.25) is 0 Å². The Balaban J connectivity index is 1.83. The molecule has 0 spiro atoms. The molecule has 23 heavy (non-hydrogen) atoms. The number of rotatable bonds is 7. The highest BCUT2D eigenvalue weighted by Crippen LogP contribution is 2.11. The molecule has 0 aliphatic rings. The Bertz CT molecular complexity index is 618. The average molecular weight is 315 g/mol. The lowest BCUT2D eigenvalue weighted by molar-refractivity contribution is 0.414. The van der Waals surface area contributed by atoms with Crippen LogP contribution in [0.15, 0.2) is 41.7 Å². The monoisotopic (exact) mass is 315 g/mol. The van der Waals surface area contributed by atoms with Crippen molar-refractivity contribution < 1.29 is 4.74 Å². The quantitative estimate of drug-likeness (QED) is 0.603. The number of nitrogens with one attached hydrogen (secondary N) is 2. The molecule has 0 saturated heterocycles. The zero-order chi connectivity index (χ0) is 16.5. The molecule has 0 atom stereocenters. The lowest BCUT2D eigenvalue weighted by atomic mass is 10.1. The largest absolute Gasteiger partial charge is 0.497 e. The summed E-state index contributed by atoms with van der Waals surface area (Å²) in [7, 11) is 3.59. The fourth-order valence-corrected chi connectivity index (χ4v) is 2.18. The van der Waals surface area contributed by atoms with Gasteiger partial charge in [0, 0.05) is 31.9 Å². The van der Waals surface area contributed by atoms with Crippen molar-refractivity contribution in [1.29, 1.82) is 0 Å². The number of nitrogens with zero attached hydrogens (tertiary/aromatic N) is 3. The first-order chi connectivity index (χ1) is 11.2. The summed E-state index contributed by atoms with van der Waals surface area (Å²) in [4.78, 5) is 4.58. The first kappa shape index (κ1) is 16.9. The lowest BCUT2D eigenvalue weighted by Gasteiger charge is -2.11. The lowest BCUT2D eigenvalue weighted by Crippen LogP contribution is -2.38. The van der Waals surface area contributed by atoms with Crippen LogP contribution in [0.25, 0.3) is 0 Å². The van der Waals surface area contributed by atoms with Gasteiger partial charge in [-0.25, -0.2) is 4.99 Å². The number of benzene rings is 1. The molecule has 0 amide bonds. The van der Waals surface area contributed by atoms with E-state index in [-0.39, 0.29) is 0 Å². The van der Waals surface area contributed by atoms with E-state index in [2.05, 4.69) is 39.8 Å². The normalized spacial score (nSPS) is 11.3. The van der Waals surface area contributed by atoms with Gasteiger partial charge in [-0.05, 0) is 31.0 Å². The second-order valence-electron chi connectivity index (χ2n) is 5.24. The predicted octanol–water partition coefficient (Wildman–Crippen LogP) is 1.73. The third kappa shape index (κ3) is 5.65. The van der Waals surface area contributed by atoms with Crippen molar-refractivity contribution in [1.82, 2.24) is 20.4 Å². The molecule has 1 heterocycles. The molecule has 2 N–H and O–H groups in total. The van der Waals surface area contributed by atoms with Crippen LogP contribution in [-0.2, 0) is 20.0 Å². The molecule has 1 aromatic heterocycles. The topological polar surface area (TPSA) is 63.5 Å². The van der Waals surface area contributed by atoms with Crippen LogP contribution in [0.4, 0.5) is 0 Å². The summed E-state index contributed by atoms with van der Waals surface area (Å²) in [6.07, 6.45) is 4.75. The van der Waals surface area contributed by atoms with Crippen LogP contribution < -0.4 is 15.4 Å². The fourth-order valence-electron chi connectivity index (χ4n) is 2.18. The average Bonchev–Trinajstić information content (AvgIpc) is 2.99. The number of aromatic nitrogens is 2. The SMILES string of the molecule is CCNC(=NCc1cnn(C)c1)NCCc1ccc(OC)cc1. The molecule has 0 bridgehead atoms. The summed E-state index contributed by atoms with van der Waals surface area (Å²) in [6, 6.07) is 8.13. The van der Waals surface area contributed by atoms with Gasteiger partial charge in [0.1, 0.15) is 5.75 Å². The van der Waals surface area contributed by atoms with Gasteiger partial charge < -0.3 is 15.4 Å². The van der Waals surface area contributed by atoms with E-state index in [1.807, 2.05) is 31.6 Å². The van der Waals surface area contributed by atoms with Crippen LogP contribution in [0.1, 0.15) is 18.1 Å². The van der Waals surface area contributed by atoms with Crippen molar-refractivity contribution in [3.05, 3.63) is 47.8 Å². The van der Waals surface area contributed by atoms with E-state index in [1.165, 1.54) is 5.56 Å². The molecule has 0 unspecified atom stereocenters. The zero-order valence-corrected chi connectivity index (χ0v) is 14.0. The Labute approximate surface area is 137 Å². The molecule has 124 valence electrons. The third-order valence-corrected chi connectivity index (χ3v) is 3.39. The van der Waals surface area contributed by atoms with E-state index >= 15 is 0 Å². The molecular formula is C17H25N5O. The highest BCUT2D eigenvalue weighted by molar-refractivity contribution is 5.79. The van der Waals surface area contributed by atoms with Gasteiger partial charge in [0.25, 0.3) is 0 Å². The number of hydrogen-bond donors (Lipinski definition) is 2. The van der Waals surface area contributed by atoms with E-state index in [9.17, 15) is 0 Å². The first-order valence-electron chi connectivity index (χ1n) is 7.84. The highest BCUT2D eigenvalue weighted by Gasteiger charge is 2.00. The molecule has 0 aliphatic carbocycles. The van der Waals surface area contributed by atoms with Crippen molar-refractivity contribution >= 4 is 5.96 Å². The number of methoxy groups -OCH3 is 1. The Morgan fingerprint density at radius 1 is 1.22 bits per heavy atom. The van der Waals surface area contributed by atoms with Crippen molar-refractivity contribution in [3.63, 3.8) is 0 Å². The summed E-state index contributed by atoms with van der Waals surface area (Å²) in [5.74, 6) is 1.71. The maximum absolute atomic E-state index is 5.17. The van der Waals surface area contributed by atoms with Gasteiger partial charge in [-0.1, -0.05) is 12.1 Å². The van der Waals surface area contributed by atoms with Crippen LogP contribution in [0, 0.1) is 0 Å². The second-order valence-corrected chi connectivity index (χ2v) is 5.24. The summed E-state index contributed by atoms with van der Waals surface area (Å²) in [5.41, 5.74) is 2.36. The summed E-state index contributed by atoms with van der Waals surface area (Å²) >= 11 is 0. The van der Waals surface area contributed by atoms with E-state index in [0.29, 0.717) is 6.54 Å². The van der Waals surface area contributed by atoms with Gasteiger partial charge in [-0.3, -0.25) is 4.68 Å². The molecule has 2 aromatic rings. The number of aliphatic imine (C=N–C) groups is 1. The molecule has 6 nitrogen and oxygen atoms in total. The molecular weight excluding hydrogens is 290 g/mol. The molecule has 6 heteroatoms. The van der Waals surface area contributed by atoms with Gasteiger partial charge in [0.2, 0.25) is 0 Å². The number of aryl methyl sites for hydroxylation is 1. The molecule has 0 aliphatic heterocycles. The van der Waals surface area contributed by atoms with Gasteiger partial charge in [0.05, 0.1) is 19.9 Å². The van der Waals surface area contributed by atoms with Crippen molar-refractivity contribution in [2.75, 3.05) is 20.2 Å². The minimum atomic E-state index is 0.617. The van der Waals surface area contributed by atoms with Gasteiger partial charge in [-0.15, -0.1) is 0 Å². The van der Waals surface area contributed by atoms with Gasteiger partial charge in [0.15, 0.2) is 5.96 Å². The van der Waals surface area contributed by atoms with E-state index in [4.69, 9.17) is 4.74 Å². The van der Waals surface area contributed by atoms with Crippen LogP contribution in [0.3, 0.4) is 0 Å². The standard InChI is InChI=1S/C17H25N5O/c1-4-18-17(20-11-15-12-21-22(2)13-15)19-10-9-14-5-7-16(23-3)8-6-14/h5-8,12-13H,4,9-11H2,1-3H3,(H2,18,19,20). The van der Waals surface area contributed by atoms with Gasteiger partial charge in [-0.2, -0.15) is 5.10 Å². The molecule has 0 fully saturated rings. The van der Waals surface area contributed by atoms with E-state index in [0.717, 1.165) is 36.8 Å². The maximum Gasteiger partial charge on any atom is 0.191 e. The summed E-state index contributed by atoms with van der Waals surface area (Å²) in [5, 5.41) is 10.8. The minimum Gasteiger partial charge on any atom is -0.497 e. The molecule has 1 aromatic carbocycles. The van der Waals surface area contributed by atoms with E-state index < -0.39 is 0 Å².